The Balaban J connectivity index is 2.15. The Morgan fingerprint density at radius 3 is 2.62 bits per heavy atom. The summed E-state index contributed by atoms with van der Waals surface area (Å²) in [5.41, 5.74) is 4.75. The van der Waals surface area contributed by atoms with E-state index in [9.17, 15) is 4.79 Å². The summed E-state index contributed by atoms with van der Waals surface area (Å²) in [4.78, 5) is 11.6. The fraction of sp³-hybridized carbons (Fsp3) is 0.417. The topological polar surface area (TPSA) is 63.2 Å². The minimum atomic E-state index is -0.141. The molecule has 1 fully saturated rings. The number of hydrogen-bond acceptors (Lipinski definition) is 3. The predicted octanol–water partition coefficient (Wildman–Crippen LogP) is 0.336. The molecule has 16 heavy (non-hydrogen) atoms. The Kier molecular flexibility index (Phi) is 3.10. The number of benzene rings is 1. The minimum Gasteiger partial charge on any atom is -0.497 e. The van der Waals surface area contributed by atoms with Crippen LogP contribution in [0.3, 0.4) is 0 Å². The summed E-state index contributed by atoms with van der Waals surface area (Å²) >= 11 is 0. The lowest BCUT2D eigenvalue weighted by molar-refractivity contribution is -0.382. The molecule has 1 aliphatic heterocycles. The van der Waals surface area contributed by atoms with Crippen LogP contribution in [0.4, 0.5) is 0 Å². The number of esters is 1. The molecular weight excluding hydrogens is 206 g/mol. The van der Waals surface area contributed by atoms with Crippen molar-refractivity contribution in [2.75, 3.05) is 13.7 Å². The van der Waals surface area contributed by atoms with Crippen molar-refractivity contribution >= 4 is 5.97 Å². The molecule has 86 valence electrons. The van der Waals surface area contributed by atoms with Gasteiger partial charge < -0.3 is 15.2 Å². The number of methoxy groups -OCH3 is 1. The lowest BCUT2D eigenvalue weighted by Crippen LogP contribution is -2.55. The smallest absolute Gasteiger partial charge is 0.314 e. The molecule has 0 amide bonds. The third-order valence-electron chi connectivity index (χ3n) is 2.91. The molecular formula is C12H16NO3+. The van der Waals surface area contributed by atoms with E-state index in [1.165, 1.54) is 0 Å². The van der Waals surface area contributed by atoms with Gasteiger partial charge >= 0.3 is 5.97 Å². The highest BCUT2D eigenvalue weighted by Crippen LogP contribution is 2.30. The maximum atomic E-state index is 11.6. The molecule has 2 rings (SSSR count). The van der Waals surface area contributed by atoms with E-state index in [-0.39, 0.29) is 18.0 Å². The standard InChI is InChI=1S/C12H15NO3/c1-15-9-4-2-8(3-5-9)11-6-10(7-13)16-12(11)14/h2-5,10-11H,6-7,13H2,1H3/p+1/t10-,11+/m0/s1. The first kappa shape index (κ1) is 11.0. The number of hydrogen-bond donors (Lipinski definition) is 1. The molecule has 0 unspecified atom stereocenters. The molecule has 0 radical (unpaired) electrons. The lowest BCUT2D eigenvalue weighted by Gasteiger charge is -2.06. The summed E-state index contributed by atoms with van der Waals surface area (Å²) < 4.78 is 10.3. The van der Waals surface area contributed by atoms with E-state index in [4.69, 9.17) is 9.47 Å². The van der Waals surface area contributed by atoms with Crippen LogP contribution in [0.2, 0.25) is 0 Å². The molecule has 4 nitrogen and oxygen atoms in total. The number of carbonyl (C=O) groups excluding carboxylic acids is 1. The van der Waals surface area contributed by atoms with Gasteiger partial charge in [0.15, 0.2) is 6.10 Å². The number of carbonyl (C=O) groups is 1. The second-order valence-electron chi connectivity index (χ2n) is 3.91. The van der Waals surface area contributed by atoms with Crippen molar-refractivity contribution in [2.45, 2.75) is 18.4 Å². The zero-order valence-electron chi connectivity index (χ0n) is 9.31. The number of rotatable bonds is 3. The number of ether oxygens (including phenoxy) is 2. The summed E-state index contributed by atoms with van der Waals surface area (Å²) in [7, 11) is 1.62. The van der Waals surface area contributed by atoms with Gasteiger partial charge in [0.2, 0.25) is 0 Å². The highest BCUT2D eigenvalue weighted by molar-refractivity contribution is 5.80. The first-order valence-corrected chi connectivity index (χ1v) is 5.38. The van der Waals surface area contributed by atoms with Crippen molar-refractivity contribution in [1.82, 2.24) is 0 Å². The molecule has 0 saturated carbocycles. The fourth-order valence-electron chi connectivity index (χ4n) is 1.94. The van der Waals surface area contributed by atoms with Crippen LogP contribution >= 0.6 is 0 Å². The van der Waals surface area contributed by atoms with Crippen LogP contribution in [0.15, 0.2) is 24.3 Å². The number of quaternary nitrogens is 1. The van der Waals surface area contributed by atoms with Gasteiger partial charge in [-0.1, -0.05) is 12.1 Å². The van der Waals surface area contributed by atoms with E-state index >= 15 is 0 Å². The molecule has 1 aromatic rings. The first-order valence-electron chi connectivity index (χ1n) is 5.38. The SMILES string of the molecule is COc1ccc([C@H]2C[C@@H](C[NH3+])OC2=O)cc1. The predicted molar refractivity (Wildman–Crippen MR) is 58.0 cm³/mol. The molecule has 4 heteroatoms. The van der Waals surface area contributed by atoms with Crippen LogP contribution in [-0.2, 0) is 9.53 Å². The Labute approximate surface area is 94.3 Å². The van der Waals surface area contributed by atoms with Gasteiger partial charge in [-0.2, -0.15) is 0 Å². The van der Waals surface area contributed by atoms with E-state index < -0.39 is 0 Å². The molecule has 2 atom stereocenters. The second-order valence-corrected chi connectivity index (χ2v) is 3.91. The number of cyclic esters (lactones) is 1. The maximum Gasteiger partial charge on any atom is 0.314 e. The normalized spacial score (nSPS) is 24.2. The van der Waals surface area contributed by atoms with Gasteiger partial charge in [-0.05, 0) is 17.7 Å². The lowest BCUT2D eigenvalue weighted by atomic mass is 9.96. The van der Waals surface area contributed by atoms with Crippen molar-refractivity contribution in [1.29, 1.82) is 0 Å². The molecule has 0 spiro atoms. The van der Waals surface area contributed by atoms with Gasteiger partial charge in [0.25, 0.3) is 0 Å². The fourth-order valence-corrected chi connectivity index (χ4v) is 1.94. The highest BCUT2D eigenvalue weighted by Gasteiger charge is 2.35. The largest absolute Gasteiger partial charge is 0.497 e. The van der Waals surface area contributed by atoms with E-state index in [1.807, 2.05) is 24.3 Å². The zero-order valence-corrected chi connectivity index (χ0v) is 9.31. The van der Waals surface area contributed by atoms with Gasteiger partial charge in [0.1, 0.15) is 12.3 Å². The molecule has 0 aromatic heterocycles. The highest BCUT2D eigenvalue weighted by atomic mass is 16.6. The van der Waals surface area contributed by atoms with E-state index in [0.717, 1.165) is 17.7 Å². The molecule has 1 saturated heterocycles. The average molecular weight is 222 g/mol. The third kappa shape index (κ3) is 2.02. The monoisotopic (exact) mass is 222 g/mol. The Morgan fingerprint density at radius 2 is 2.12 bits per heavy atom. The minimum absolute atomic E-state index is 0.0281. The van der Waals surface area contributed by atoms with Gasteiger partial charge in [-0.25, -0.2) is 0 Å². The van der Waals surface area contributed by atoms with Crippen LogP contribution in [0.1, 0.15) is 17.9 Å². The summed E-state index contributed by atoms with van der Waals surface area (Å²) in [6, 6.07) is 7.55. The van der Waals surface area contributed by atoms with Crippen molar-refractivity contribution in [2.24, 2.45) is 0 Å². The van der Waals surface area contributed by atoms with Gasteiger partial charge in [-0.3, -0.25) is 4.79 Å². The maximum absolute atomic E-state index is 11.6. The van der Waals surface area contributed by atoms with E-state index in [2.05, 4.69) is 5.73 Å². The van der Waals surface area contributed by atoms with Gasteiger partial charge in [0.05, 0.1) is 13.0 Å². The second kappa shape index (κ2) is 4.53. The molecule has 1 aliphatic rings. The first-order chi connectivity index (χ1) is 7.74. The quantitative estimate of drug-likeness (QED) is 0.750. The van der Waals surface area contributed by atoms with Crippen LogP contribution in [0, 0.1) is 0 Å². The molecule has 0 aliphatic carbocycles. The molecule has 0 bridgehead atoms. The summed E-state index contributed by atoms with van der Waals surface area (Å²) in [6.07, 6.45) is 0.703. The molecule has 1 heterocycles. The van der Waals surface area contributed by atoms with E-state index in [1.54, 1.807) is 7.11 Å². The van der Waals surface area contributed by atoms with Crippen molar-refractivity contribution in [3.63, 3.8) is 0 Å². The zero-order chi connectivity index (χ0) is 11.5. The Morgan fingerprint density at radius 1 is 1.44 bits per heavy atom. The van der Waals surface area contributed by atoms with Crippen molar-refractivity contribution < 1.29 is 20.0 Å². The molecule has 1 aromatic carbocycles. The Bertz CT molecular complexity index is 374. The van der Waals surface area contributed by atoms with Crippen LogP contribution in [0.25, 0.3) is 0 Å². The Hall–Kier alpha value is -1.55. The summed E-state index contributed by atoms with van der Waals surface area (Å²) in [6.45, 7) is 0.637. The van der Waals surface area contributed by atoms with Crippen molar-refractivity contribution in [3.8, 4) is 5.75 Å². The summed E-state index contributed by atoms with van der Waals surface area (Å²) in [5, 5.41) is 0. The molecule has 3 N–H and O–H groups in total. The van der Waals surface area contributed by atoms with Crippen LogP contribution in [0.5, 0.6) is 5.75 Å². The van der Waals surface area contributed by atoms with E-state index in [0.29, 0.717) is 6.54 Å². The third-order valence-corrected chi connectivity index (χ3v) is 2.91. The van der Waals surface area contributed by atoms with Gasteiger partial charge in [0, 0.05) is 6.42 Å². The van der Waals surface area contributed by atoms with Crippen LogP contribution < -0.4 is 10.5 Å². The van der Waals surface area contributed by atoms with Crippen molar-refractivity contribution in [3.05, 3.63) is 29.8 Å². The summed E-state index contributed by atoms with van der Waals surface area (Å²) in [5.74, 6) is 0.514. The average Bonchev–Trinajstić information content (AvgIpc) is 2.71. The van der Waals surface area contributed by atoms with Crippen LogP contribution in [-0.4, -0.2) is 25.7 Å². The van der Waals surface area contributed by atoms with Gasteiger partial charge in [-0.15, -0.1) is 0 Å².